The summed E-state index contributed by atoms with van der Waals surface area (Å²) in [7, 11) is 3.17. The molecule has 0 aliphatic carbocycles. The van der Waals surface area contributed by atoms with Crippen LogP contribution >= 0.6 is 0 Å². The third kappa shape index (κ3) is 3.68. The van der Waals surface area contributed by atoms with Gasteiger partial charge in [0, 0.05) is 36.7 Å². The molecule has 7 heteroatoms. The smallest absolute Gasteiger partial charge is 0.232 e. The summed E-state index contributed by atoms with van der Waals surface area (Å²) in [6.07, 6.45) is 0.314. The number of anilines is 1. The highest BCUT2D eigenvalue weighted by Crippen LogP contribution is 2.35. The summed E-state index contributed by atoms with van der Waals surface area (Å²) in [5.74, 6) is 2.12. The number of rotatable bonds is 5. The van der Waals surface area contributed by atoms with Crippen molar-refractivity contribution < 1.29 is 18.8 Å². The molecular formula is C22H23N3O4. The predicted molar refractivity (Wildman–Crippen MR) is 108 cm³/mol. The maximum atomic E-state index is 12.7. The van der Waals surface area contributed by atoms with E-state index in [1.54, 1.807) is 25.2 Å². The Hall–Kier alpha value is -3.35. The molecule has 7 nitrogen and oxygen atoms in total. The minimum Gasteiger partial charge on any atom is -0.497 e. The average Bonchev–Trinajstić information content (AvgIpc) is 3.34. The average molecular weight is 393 g/mol. The van der Waals surface area contributed by atoms with E-state index in [1.165, 1.54) is 5.56 Å². The fourth-order valence-electron chi connectivity index (χ4n) is 3.65. The van der Waals surface area contributed by atoms with Crippen LogP contribution in [-0.4, -0.2) is 36.8 Å². The zero-order valence-electron chi connectivity index (χ0n) is 16.9. The first-order chi connectivity index (χ1) is 14.0. The zero-order valence-corrected chi connectivity index (χ0v) is 16.9. The standard InChI is InChI=1S/C22H23N3O4/c1-13-5-6-19(14(2)7-13)21-23-22(29-24-21)15-8-20(26)25(12-15)16-9-17(27-3)11-18(10-16)28-4/h5-7,9-11,15H,8,12H2,1-4H3. The molecule has 0 bridgehead atoms. The van der Waals surface area contributed by atoms with E-state index >= 15 is 0 Å². The van der Waals surface area contributed by atoms with Crippen molar-refractivity contribution in [2.75, 3.05) is 25.7 Å². The molecule has 2 aromatic carbocycles. The van der Waals surface area contributed by atoms with Crippen LogP contribution in [0.1, 0.15) is 29.4 Å². The van der Waals surface area contributed by atoms with E-state index in [9.17, 15) is 4.79 Å². The third-order valence-electron chi connectivity index (χ3n) is 5.19. The number of benzene rings is 2. The van der Waals surface area contributed by atoms with Gasteiger partial charge in [-0.3, -0.25) is 4.79 Å². The van der Waals surface area contributed by atoms with Gasteiger partial charge in [-0.05, 0) is 19.4 Å². The number of carbonyl (C=O) groups is 1. The fraction of sp³-hybridized carbons (Fsp3) is 0.318. The molecule has 1 aliphatic rings. The molecule has 1 unspecified atom stereocenters. The summed E-state index contributed by atoms with van der Waals surface area (Å²) in [5.41, 5.74) is 3.93. The molecule has 29 heavy (non-hydrogen) atoms. The maximum absolute atomic E-state index is 12.7. The molecule has 0 spiro atoms. The van der Waals surface area contributed by atoms with Crippen molar-refractivity contribution in [3.8, 4) is 22.9 Å². The first-order valence-electron chi connectivity index (χ1n) is 9.43. The summed E-state index contributed by atoms with van der Waals surface area (Å²) >= 11 is 0. The molecule has 1 atom stereocenters. The van der Waals surface area contributed by atoms with E-state index in [1.807, 2.05) is 38.1 Å². The number of carbonyl (C=O) groups excluding carboxylic acids is 1. The molecular weight excluding hydrogens is 370 g/mol. The molecule has 4 rings (SSSR count). The monoisotopic (exact) mass is 393 g/mol. The molecule has 1 amide bonds. The van der Waals surface area contributed by atoms with Gasteiger partial charge in [-0.2, -0.15) is 4.98 Å². The van der Waals surface area contributed by atoms with Crippen molar-refractivity contribution in [1.82, 2.24) is 10.1 Å². The Labute approximate surface area is 169 Å². The van der Waals surface area contributed by atoms with Gasteiger partial charge in [0.15, 0.2) is 0 Å². The fourth-order valence-corrected chi connectivity index (χ4v) is 3.65. The lowest BCUT2D eigenvalue weighted by atomic mass is 10.1. The van der Waals surface area contributed by atoms with Crippen LogP contribution in [-0.2, 0) is 4.79 Å². The SMILES string of the molecule is COc1cc(OC)cc(N2CC(c3nc(-c4ccc(C)cc4C)no3)CC2=O)c1. The highest BCUT2D eigenvalue weighted by Gasteiger charge is 2.35. The number of amides is 1. The first-order valence-corrected chi connectivity index (χ1v) is 9.43. The molecule has 1 aliphatic heterocycles. The van der Waals surface area contributed by atoms with Crippen LogP contribution in [0, 0.1) is 13.8 Å². The Kier molecular flexibility index (Phi) is 4.96. The van der Waals surface area contributed by atoms with Crippen LogP contribution in [0.5, 0.6) is 11.5 Å². The molecule has 1 saturated heterocycles. The van der Waals surface area contributed by atoms with E-state index in [2.05, 4.69) is 16.2 Å². The van der Waals surface area contributed by atoms with E-state index in [-0.39, 0.29) is 11.8 Å². The van der Waals surface area contributed by atoms with Crippen LogP contribution in [0.15, 0.2) is 40.9 Å². The number of methoxy groups -OCH3 is 2. The van der Waals surface area contributed by atoms with Crippen LogP contribution in [0.2, 0.25) is 0 Å². The zero-order chi connectivity index (χ0) is 20.5. The molecule has 0 radical (unpaired) electrons. The molecule has 150 valence electrons. The Bertz CT molecular complexity index is 1040. The van der Waals surface area contributed by atoms with Crippen molar-refractivity contribution >= 4 is 11.6 Å². The second-order valence-electron chi connectivity index (χ2n) is 7.25. The summed E-state index contributed by atoms with van der Waals surface area (Å²) in [6.45, 7) is 4.53. The largest absolute Gasteiger partial charge is 0.497 e. The van der Waals surface area contributed by atoms with E-state index in [0.29, 0.717) is 36.2 Å². The molecule has 0 N–H and O–H groups in total. The van der Waals surface area contributed by atoms with Gasteiger partial charge in [0.05, 0.1) is 25.8 Å². The number of aryl methyl sites for hydroxylation is 2. The summed E-state index contributed by atoms with van der Waals surface area (Å²) in [6, 6.07) is 11.5. The van der Waals surface area contributed by atoms with Gasteiger partial charge in [0.2, 0.25) is 17.6 Å². The normalized spacial score (nSPS) is 16.3. The Morgan fingerprint density at radius 1 is 1.07 bits per heavy atom. The second-order valence-corrected chi connectivity index (χ2v) is 7.25. The van der Waals surface area contributed by atoms with Crippen molar-refractivity contribution in [3.05, 3.63) is 53.4 Å². The number of hydrogen-bond acceptors (Lipinski definition) is 6. The number of ether oxygens (including phenoxy) is 2. The van der Waals surface area contributed by atoms with Crippen LogP contribution in [0.25, 0.3) is 11.4 Å². The molecule has 1 aromatic heterocycles. The second kappa shape index (κ2) is 7.58. The van der Waals surface area contributed by atoms with Crippen molar-refractivity contribution in [3.63, 3.8) is 0 Å². The van der Waals surface area contributed by atoms with Crippen LogP contribution in [0.3, 0.4) is 0 Å². The minimum atomic E-state index is -0.160. The van der Waals surface area contributed by atoms with Crippen LogP contribution in [0.4, 0.5) is 5.69 Å². The Balaban J connectivity index is 1.58. The Morgan fingerprint density at radius 3 is 2.45 bits per heavy atom. The van der Waals surface area contributed by atoms with Gasteiger partial charge >= 0.3 is 0 Å². The first kappa shape index (κ1) is 19.0. The van der Waals surface area contributed by atoms with Gasteiger partial charge in [-0.15, -0.1) is 0 Å². The van der Waals surface area contributed by atoms with Crippen molar-refractivity contribution in [1.29, 1.82) is 0 Å². The summed E-state index contributed by atoms with van der Waals surface area (Å²) in [5, 5.41) is 4.14. The lowest BCUT2D eigenvalue weighted by molar-refractivity contribution is -0.117. The molecule has 0 saturated carbocycles. The van der Waals surface area contributed by atoms with Gasteiger partial charge in [0.25, 0.3) is 0 Å². The molecule has 1 fully saturated rings. The van der Waals surface area contributed by atoms with Crippen LogP contribution < -0.4 is 14.4 Å². The third-order valence-corrected chi connectivity index (χ3v) is 5.19. The highest BCUT2D eigenvalue weighted by molar-refractivity contribution is 5.96. The topological polar surface area (TPSA) is 77.7 Å². The molecule has 3 aromatic rings. The molecule has 2 heterocycles. The number of aromatic nitrogens is 2. The van der Waals surface area contributed by atoms with Crippen molar-refractivity contribution in [2.24, 2.45) is 0 Å². The highest BCUT2D eigenvalue weighted by atomic mass is 16.5. The lowest BCUT2D eigenvalue weighted by Gasteiger charge is -2.18. The van der Waals surface area contributed by atoms with Gasteiger partial charge in [0.1, 0.15) is 11.5 Å². The number of hydrogen-bond donors (Lipinski definition) is 0. The summed E-state index contributed by atoms with van der Waals surface area (Å²) in [4.78, 5) is 19.0. The van der Waals surface area contributed by atoms with Gasteiger partial charge in [-0.1, -0.05) is 28.9 Å². The number of nitrogens with zero attached hydrogens (tertiary/aromatic N) is 3. The summed E-state index contributed by atoms with van der Waals surface area (Å²) < 4.78 is 16.2. The lowest BCUT2D eigenvalue weighted by Crippen LogP contribution is -2.24. The van der Waals surface area contributed by atoms with E-state index in [0.717, 1.165) is 16.8 Å². The van der Waals surface area contributed by atoms with Gasteiger partial charge < -0.3 is 18.9 Å². The predicted octanol–water partition coefficient (Wildman–Crippen LogP) is 3.89. The maximum Gasteiger partial charge on any atom is 0.232 e. The van der Waals surface area contributed by atoms with Gasteiger partial charge in [-0.25, -0.2) is 0 Å². The van der Waals surface area contributed by atoms with Crippen molar-refractivity contribution in [2.45, 2.75) is 26.2 Å². The quantitative estimate of drug-likeness (QED) is 0.654. The minimum absolute atomic E-state index is 0.00317. The van der Waals surface area contributed by atoms with E-state index in [4.69, 9.17) is 14.0 Å². The Morgan fingerprint density at radius 2 is 1.79 bits per heavy atom. The van der Waals surface area contributed by atoms with E-state index < -0.39 is 0 Å².